The van der Waals surface area contributed by atoms with E-state index >= 15 is 0 Å². The van der Waals surface area contributed by atoms with Crippen LogP contribution in [0.3, 0.4) is 0 Å². The number of hydrogen-bond acceptors (Lipinski definition) is 8. The Morgan fingerprint density at radius 3 is 2.39 bits per heavy atom. The fourth-order valence-electron chi connectivity index (χ4n) is 3.75. The summed E-state index contributed by atoms with van der Waals surface area (Å²) < 4.78 is 14.7. The number of anilines is 1. The van der Waals surface area contributed by atoms with Crippen LogP contribution in [0, 0.1) is 5.92 Å². The molecular weight excluding hydrogens is 482 g/mol. The second-order valence-corrected chi connectivity index (χ2v) is 9.63. The molecule has 0 bridgehead atoms. The lowest BCUT2D eigenvalue weighted by Crippen LogP contribution is -2.50. The summed E-state index contributed by atoms with van der Waals surface area (Å²) in [6.45, 7) is 6.87. The molecule has 0 fully saturated rings. The maximum atomic E-state index is 13.7. The van der Waals surface area contributed by atoms with Crippen LogP contribution in [-0.4, -0.2) is 60.3 Å². The summed E-state index contributed by atoms with van der Waals surface area (Å²) in [6, 6.07) is 4.80. The Bertz CT molecular complexity index is 1060. The largest absolute Gasteiger partial charge is 0.493 e. The van der Waals surface area contributed by atoms with Gasteiger partial charge in [-0.2, -0.15) is 4.37 Å². The Kier molecular flexibility index (Phi) is 11.0. The highest BCUT2D eigenvalue weighted by atomic mass is 32.1. The lowest BCUT2D eigenvalue weighted by Gasteiger charge is -2.31. The van der Waals surface area contributed by atoms with Crippen molar-refractivity contribution in [2.24, 2.45) is 11.7 Å². The highest BCUT2D eigenvalue weighted by Gasteiger charge is 2.33. The number of ether oxygens (including phenoxy) is 2. The first-order valence-electron chi connectivity index (χ1n) is 12.0. The lowest BCUT2D eigenvalue weighted by molar-refractivity contribution is -0.126. The summed E-state index contributed by atoms with van der Waals surface area (Å²) in [6.07, 6.45) is 2.43. The number of hydrogen-bond donors (Lipinski definition) is 3. The molecule has 5 N–H and O–H groups in total. The SMILES string of the molecule is CCC[C@H](C(=O)NCCC(C)C)N(CCc1ccc(OC)c(OC)c1)C(=O)c1snc(C(N)=O)c1N. The molecule has 1 atom stereocenters. The number of nitrogens with two attached hydrogens (primary N) is 2. The van der Waals surface area contributed by atoms with Gasteiger partial charge in [-0.3, -0.25) is 14.4 Å². The van der Waals surface area contributed by atoms with Gasteiger partial charge >= 0.3 is 0 Å². The molecular formula is C25H37N5O5S. The molecule has 0 aliphatic carbocycles. The molecule has 3 amide bonds. The summed E-state index contributed by atoms with van der Waals surface area (Å²) in [5.41, 5.74) is 12.1. The van der Waals surface area contributed by atoms with Crippen molar-refractivity contribution in [3.63, 3.8) is 0 Å². The van der Waals surface area contributed by atoms with Gasteiger partial charge in [0.15, 0.2) is 17.2 Å². The van der Waals surface area contributed by atoms with Crippen LogP contribution in [-0.2, 0) is 11.2 Å². The van der Waals surface area contributed by atoms with Gasteiger partial charge in [-0.25, -0.2) is 0 Å². The smallest absolute Gasteiger partial charge is 0.270 e. The Morgan fingerprint density at radius 2 is 1.83 bits per heavy atom. The molecule has 0 spiro atoms. The number of nitrogens with zero attached hydrogens (tertiary/aromatic N) is 2. The third-order valence-electron chi connectivity index (χ3n) is 5.77. The maximum Gasteiger partial charge on any atom is 0.270 e. The van der Waals surface area contributed by atoms with E-state index in [2.05, 4.69) is 23.5 Å². The molecule has 1 heterocycles. The van der Waals surface area contributed by atoms with E-state index in [0.717, 1.165) is 23.5 Å². The van der Waals surface area contributed by atoms with Crippen molar-refractivity contribution < 1.29 is 23.9 Å². The molecule has 0 radical (unpaired) electrons. The molecule has 0 saturated heterocycles. The molecule has 1 aromatic carbocycles. The first-order valence-corrected chi connectivity index (χ1v) is 12.8. The van der Waals surface area contributed by atoms with E-state index in [1.165, 1.54) is 4.90 Å². The molecule has 11 heteroatoms. The number of methoxy groups -OCH3 is 2. The minimum Gasteiger partial charge on any atom is -0.493 e. The number of rotatable bonds is 14. The Hall–Kier alpha value is -3.34. The molecule has 2 rings (SSSR count). The number of amides is 3. The molecule has 198 valence electrons. The highest BCUT2D eigenvalue weighted by molar-refractivity contribution is 7.09. The van der Waals surface area contributed by atoms with Gasteiger partial charge in [0.1, 0.15) is 10.9 Å². The van der Waals surface area contributed by atoms with Crippen LogP contribution in [0.1, 0.15) is 65.8 Å². The third-order valence-corrected chi connectivity index (χ3v) is 6.62. The molecule has 10 nitrogen and oxygen atoms in total. The molecule has 1 aromatic heterocycles. The number of nitrogen functional groups attached to an aromatic ring is 1. The van der Waals surface area contributed by atoms with Crippen LogP contribution in [0.5, 0.6) is 11.5 Å². The maximum absolute atomic E-state index is 13.7. The second kappa shape index (κ2) is 13.7. The van der Waals surface area contributed by atoms with Crippen molar-refractivity contribution in [3.8, 4) is 11.5 Å². The topological polar surface area (TPSA) is 150 Å². The zero-order valence-corrected chi connectivity index (χ0v) is 22.4. The van der Waals surface area contributed by atoms with Crippen molar-refractivity contribution in [3.05, 3.63) is 34.3 Å². The number of primary amides is 1. The standard InChI is InChI=1S/C25H37N5O5S/c1-6-7-17(24(32)28-12-10-15(2)3)30(25(33)22-20(26)21(23(27)31)29-36-22)13-11-16-8-9-18(34-4)19(14-16)35-5/h8-9,14-15,17H,6-7,10-13,26H2,1-5H3,(H2,27,31)(H,28,32)/t17-/m1/s1. The first kappa shape index (κ1) is 28.9. The van der Waals surface area contributed by atoms with Gasteiger partial charge in [0.05, 0.1) is 19.9 Å². The van der Waals surface area contributed by atoms with Gasteiger partial charge in [0.25, 0.3) is 11.8 Å². The van der Waals surface area contributed by atoms with E-state index < -0.39 is 17.9 Å². The summed E-state index contributed by atoms with van der Waals surface area (Å²) in [5.74, 6) is 0.103. The number of aromatic nitrogens is 1. The van der Waals surface area contributed by atoms with Gasteiger partial charge in [0.2, 0.25) is 5.91 Å². The van der Waals surface area contributed by atoms with E-state index in [1.54, 1.807) is 20.3 Å². The van der Waals surface area contributed by atoms with Crippen LogP contribution in [0.2, 0.25) is 0 Å². The van der Waals surface area contributed by atoms with Crippen molar-refractivity contribution in [1.82, 2.24) is 14.6 Å². The Morgan fingerprint density at radius 1 is 1.14 bits per heavy atom. The van der Waals surface area contributed by atoms with Crippen molar-refractivity contribution in [2.45, 2.75) is 52.5 Å². The van der Waals surface area contributed by atoms with Crippen LogP contribution in [0.15, 0.2) is 18.2 Å². The molecule has 0 saturated carbocycles. The van der Waals surface area contributed by atoms with E-state index in [0.29, 0.717) is 43.2 Å². The summed E-state index contributed by atoms with van der Waals surface area (Å²) in [7, 11) is 3.12. The van der Waals surface area contributed by atoms with Crippen LogP contribution in [0.25, 0.3) is 0 Å². The Labute approximate surface area is 216 Å². The van der Waals surface area contributed by atoms with E-state index in [-0.39, 0.29) is 28.7 Å². The zero-order valence-electron chi connectivity index (χ0n) is 21.6. The molecule has 0 aliphatic rings. The van der Waals surface area contributed by atoms with Gasteiger partial charge in [-0.15, -0.1) is 0 Å². The van der Waals surface area contributed by atoms with Crippen LogP contribution >= 0.6 is 11.5 Å². The number of carbonyl (C=O) groups is 3. The molecule has 36 heavy (non-hydrogen) atoms. The third kappa shape index (κ3) is 7.33. The quantitative estimate of drug-likeness (QED) is 0.347. The molecule has 0 unspecified atom stereocenters. The summed E-state index contributed by atoms with van der Waals surface area (Å²) in [4.78, 5) is 40.2. The van der Waals surface area contributed by atoms with Crippen LogP contribution < -0.4 is 26.3 Å². The predicted molar refractivity (Wildman–Crippen MR) is 140 cm³/mol. The predicted octanol–water partition coefficient (Wildman–Crippen LogP) is 2.86. The van der Waals surface area contributed by atoms with Crippen LogP contribution in [0.4, 0.5) is 5.69 Å². The number of carbonyl (C=O) groups excluding carboxylic acids is 3. The first-order chi connectivity index (χ1) is 17.1. The molecule has 2 aromatic rings. The normalized spacial score (nSPS) is 11.7. The van der Waals surface area contributed by atoms with Crippen molar-refractivity contribution in [2.75, 3.05) is 33.0 Å². The summed E-state index contributed by atoms with van der Waals surface area (Å²) >= 11 is 0.807. The monoisotopic (exact) mass is 519 g/mol. The second-order valence-electron chi connectivity index (χ2n) is 8.85. The minimum absolute atomic E-state index is 0.0657. The highest BCUT2D eigenvalue weighted by Crippen LogP contribution is 2.29. The van der Waals surface area contributed by atoms with Gasteiger partial charge in [-0.1, -0.05) is 33.3 Å². The average molecular weight is 520 g/mol. The number of benzene rings is 1. The minimum atomic E-state index is -0.809. The van der Waals surface area contributed by atoms with Crippen molar-refractivity contribution >= 4 is 34.9 Å². The average Bonchev–Trinajstić information content (AvgIpc) is 3.24. The number of nitrogens with one attached hydrogen (secondary N) is 1. The van der Waals surface area contributed by atoms with Gasteiger partial charge in [0, 0.05) is 13.1 Å². The lowest BCUT2D eigenvalue weighted by atomic mass is 10.1. The fourth-order valence-corrected chi connectivity index (χ4v) is 4.51. The molecule has 0 aliphatic heterocycles. The van der Waals surface area contributed by atoms with Gasteiger partial charge < -0.3 is 31.2 Å². The van der Waals surface area contributed by atoms with E-state index in [9.17, 15) is 14.4 Å². The fraction of sp³-hybridized carbons (Fsp3) is 0.520. The van der Waals surface area contributed by atoms with E-state index in [1.807, 2.05) is 19.1 Å². The Balaban J connectivity index is 2.38. The summed E-state index contributed by atoms with van der Waals surface area (Å²) in [5, 5.41) is 2.97. The van der Waals surface area contributed by atoms with Crippen molar-refractivity contribution in [1.29, 1.82) is 0 Å². The van der Waals surface area contributed by atoms with E-state index in [4.69, 9.17) is 20.9 Å². The van der Waals surface area contributed by atoms with Gasteiger partial charge in [-0.05, 0) is 54.4 Å². The zero-order chi connectivity index (χ0) is 26.8.